The summed E-state index contributed by atoms with van der Waals surface area (Å²) in [5.41, 5.74) is 6.23. The van der Waals surface area contributed by atoms with E-state index in [1.807, 2.05) is 0 Å². The summed E-state index contributed by atoms with van der Waals surface area (Å²) in [5, 5.41) is 3.58. The Morgan fingerprint density at radius 3 is 2.32 bits per heavy atom. The van der Waals surface area contributed by atoms with Crippen LogP contribution in [0.15, 0.2) is 18.2 Å². The third kappa shape index (κ3) is 3.34. The van der Waals surface area contributed by atoms with Gasteiger partial charge in [-0.05, 0) is 74.5 Å². The Kier molecular flexibility index (Phi) is 4.14. The smallest absolute Gasteiger partial charge is 0.338 e. The number of benzene rings is 1. The molecule has 3 N–H and O–H groups in total. The van der Waals surface area contributed by atoms with E-state index in [9.17, 15) is 9.59 Å². The molecule has 1 amide bonds. The number of nitrogens with two attached hydrogens (primary N) is 1. The molecule has 4 aliphatic rings. The van der Waals surface area contributed by atoms with Gasteiger partial charge in [-0.25, -0.2) is 4.79 Å². The van der Waals surface area contributed by atoms with Crippen LogP contribution in [-0.4, -0.2) is 24.0 Å². The van der Waals surface area contributed by atoms with E-state index in [1.54, 1.807) is 6.07 Å². The predicted octanol–water partition coefficient (Wildman–Crippen LogP) is 3.16. The molecule has 0 spiro atoms. The van der Waals surface area contributed by atoms with Crippen molar-refractivity contribution >= 4 is 29.2 Å². The van der Waals surface area contributed by atoms with Gasteiger partial charge in [-0.2, -0.15) is 0 Å². The van der Waals surface area contributed by atoms with Gasteiger partial charge in [0.2, 0.25) is 0 Å². The molecule has 5 nitrogen and oxygen atoms in total. The van der Waals surface area contributed by atoms with Gasteiger partial charge in [0.15, 0.2) is 6.61 Å². The molecule has 4 aliphatic carbocycles. The minimum atomic E-state index is -0.566. The molecule has 0 aliphatic heterocycles. The van der Waals surface area contributed by atoms with Gasteiger partial charge in [0, 0.05) is 5.54 Å². The van der Waals surface area contributed by atoms with Crippen LogP contribution in [0.4, 0.5) is 5.69 Å². The molecule has 1 aromatic carbocycles. The molecule has 1 aromatic rings. The number of hydrogen-bond acceptors (Lipinski definition) is 4. The van der Waals surface area contributed by atoms with Crippen molar-refractivity contribution in [1.29, 1.82) is 0 Å². The number of nitrogens with one attached hydrogen (secondary N) is 1. The number of ether oxygens (including phenoxy) is 1. The third-order valence-electron chi connectivity index (χ3n) is 6.01. The number of nitrogen functional groups attached to an aromatic ring is 1. The first-order valence-corrected chi connectivity index (χ1v) is 9.33. The van der Waals surface area contributed by atoms with Gasteiger partial charge in [0.05, 0.1) is 16.3 Å². The number of esters is 1. The molecule has 4 saturated carbocycles. The zero-order chi connectivity index (χ0) is 17.6. The fourth-order valence-corrected chi connectivity index (χ4v) is 5.60. The SMILES string of the molecule is Nc1cc(C(=O)OCC(=O)NC23CC4CC(CC(C4)C2)C3)ccc1Cl. The van der Waals surface area contributed by atoms with Crippen LogP contribution in [0.25, 0.3) is 0 Å². The molecule has 5 rings (SSSR count). The number of carbonyl (C=O) groups excluding carboxylic acids is 2. The molecular formula is C19H23ClN2O3. The zero-order valence-corrected chi connectivity index (χ0v) is 14.8. The largest absolute Gasteiger partial charge is 0.452 e. The highest BCUT2D eigenvalue weighted by atomic mass is 35.5. The molecule has 0 heterocycles. The van der Waals surface area contributed by atoms with Crippen molar-refractivity contribution in [2.24, 2.45) is 17.8 Å². The zero-order valence-electron chi connectivity index (χ0n) is 14.1. The van der Waals surface area contributed by atoms with E-state index in [4.69, 9.17) is 22.1 Å². The molecule has 6 heteroatoms. The van der Waals surface area contributed by atoms with Gasteiger partial charge < -0.3 is 15.8 Å². The first kappa shape index (κ1) is 16.7. The number of halogens is 1. The Bertz CT molecular complexity index is 683. The normalized spacial score (nSPS) is 32.4. The monoisotopic (exact) mass is 362 g/mol. The van der Waals surface area contributed by atoms with Gasteiger partial charge in [0.1, 0.15) is 0 Å². The van der Waals surface area contributed by atoms with Crippen LogP contribution in [0.3, 0.4) is 0 Å². The standard InChI is InChI=1S/C19H23ClN2O3/c20-15-2-1-14(6-16(15)21)18(24)25-10-17(23)22-19-7-11-3-12(8-19)5-13(4-11)9-19/h1-2,6,11-13H,3-5,7-10,21H2,(H,22,23). The van der Waals surface area contributed by atoms with Gasteiger partial charge in [-0.1, -0.05) is 11.6 Å². The molecule has 0 aromatic heterocycles. The van der Waals surface area contributed by atoms with Crippen LogP contribution >= 0.6 is 11.6 Å². The number of anilines is 1. The van der Waals surface area contributed by atoms with E-state index in [-0.39, 0.29) is 18.1 Å². The highest BCUT2D eigenvalue weighted by molar-refractivity contribution is 6.33. The summed E-state index contributed by atoms with van der Waals surface area (Å²) in [6.45, 7) is -0.261. The molecule has 4 fully saturated rings. The lowest BCUT2D eigenvalue weighted by atomic mass is 9.53. The summed E-state index contributed by atoms with van der Waals surface area (Å²) < 4.78 is 5.15. The number of rotatable bonds is 4. The minimum absolute atomic E-state index is 0.0665. The Morgan fingerprint density at radius 1 is 1.16 bits per heavy atom. The Morgan fingerprint density at radius 2 is 1.76 bits per heavy atom. The molecule has 4 bridgehead atoms. The average molecular weight is 363 g/mol. The fourth-order valence-electron chi connectivity index (χ4n) is 5.48. The van der Waals surface area contributed by atoms with Crippen LogP contribution in [-0.2, 0) is 9.53 Å². The summed E-state index contributed by atoms with van der Waals surface area (Å²) in [6.07, 6.45) is 7.19. The first-order chi connectivity index (χ1) is 11.9. The van der Waals surface area contributed by atoms with Crippen LogP contribution in [0.2, 0.25) is 5.02 Å². The maximum Gasteiger partial charge on any atom is 0.338 e. The van der Waals surface area contributed by atoms with Crippen molar-refractivity contribution in [2.75, 3.05) is 12.3 Å². The Balaban J connectivity index is 1.33. The molecule has 0 unspecified atom stereocenters. The van der Waals surface area contributed by atoms with Crippen LogP contribution in [0, 0.1) is 17.8 Å². The highest BCUT2D eigenvalue weighted by Crippen LogP contribution is 2.55. The Hall–Kier alpha value is -1.75. The van der Waals surface area contributed by atoms with Gasteiger partial charge in [0.25, 0.3) is 5.91 Å². The maximum atomic E-state index is 12.4. The lowest BCUT2D eigenvalue weighted by molar-refractivity contribution is -0.130. The first-order valence-electron chi connectivity index (χ1n) is 8.96. The second-order valence-electron chi connectivity index (χ2n) is 8.06. The van der Waals surface area contributed by atoms with Crippen molar-refractivity contribution in [3.63, 3.8) is 0 Å². The van der Waals surface area contributed by atoms with E-state index in [1.165, 1.54) is 31.4 Å². The second-order valence-corrected chi connectivity index (χ2v) is 8.47. The van der Waals surface area contributed by atoms with Crippen LogP contribution < -0.4 is 11.1 Å². The lowest BCUT2D eigenvalue weighted by Gasteiger charge is -2.56. The molecular weight excluding hydrogens is 340 g/mol. The van der Waals surface area contributed by atoms with Gasteiger partial charge in [-0.15, -0.1) is 0 Å². The van der Waals surface area contributed by atoms with E-state index >= 15 is 0 Å². The van der Waals surface area contributed by atoms with E-state index < -0.39 is 5.97 Å². The summed E-state index contributed by atoms with van der Waals surface area (Å²) in [7, 11) is 0. The Labute approximate surface area is 152 Å². The van der Waals surface area contributed by atoms with Gasteiger partial charge >= 0.3 is 5.97 Å². The molecule has 0 atom stereocenters. The quantitative estimate of drug-likeness (QED) is 0.636. The second kappa shape index (κ2) is 6.20. The van der Waals surface area contributed by atoms with Crippen molar-refractivity contribution < 1.29 is 14.3 Å². The minimum Gasteiger partial charge on any atom is -0.452 e. The topological polar surface area (TPSA) is 81.4 Å². The third-order valence-corrected chi connectivity index (χ3v) is 6.35. The number of hydrogen-bond donors (Lipinski definition) is 2. The van der Waals surface area contributed by atoms with E-state index in [0.717, 1.165) is 37.0 Å². The van der Waals surface area contributed by atoms with Crippen molar-refractivity contribution in [1.82, 2.24) is 5.32 Å². The summed E-state index contributed by atoms with van der Waals surface area (Å²) in [4.78, 5) is 24.4. The number of carbonyl (C=O) groups is 2. The summed E-state index contributed by atoms with van der Waals surface area (Å²) >= 11 is 5.84. The molecule has 0 radical (unpaired) electrons. The number of amides is 1. The predicted molar refractivity (Wildman–Crippen MR) is 95.2 cm³/mol. The molecule has 134 valence electrons. The van der Waals surface area contributed by atoms with Crippen LogP contribution in [0.1, 0.15) is 48.9 Å². The maximum absolute atomic E-state index is 12.4. The van der Waals surface area contributed by atoms with Gasteiger partial charge in [-0.3, -0.25) is 4.79 Å². The average Bonchev–Trinajstić information content (AvgIpc) is 2.53. The van der Waals surface area contributed by atoms with E-state index in [2.05, 4.69) is 5.32 Å². The summed E-state index contributed by atoms with van der Waals surface area (Å²) in [5.74, 6) is 1.49. The summed E-state index contributed by atoms with van der Waals surface area (Å²) in [6, 6.07) is 4.54. The molecule has 25 heavy (non-hydrogen) atoms. The van der Waals surface area contributed by atoms with Crippen LogP contribution in [0.5, 0.6) is 0 Å². The molecule has 0 saturated heterocycles. The van der Waals surface area contributed by atoms with Crippen molar-refractivity contribution in [3.8, 4) is 0 Å². The van der Waals surface area contributed by atoms with Crippen molar-refractivity contribution in [2.45, 2.75) is 44.1 Å². The van der Waals surface area contributed by atoms with Crippen molar-refractivity contribution in [3.05, 3.63) is 28.8 Å². The van der Waals surface area contributed by atoms with E-state index in [0.29, 0.717) is 16.3 Å². The highest BCUT2D eigenvalue weighted by Gasteiger charge is 2.51. The fraction of sp³-hybridized carbons (Fsp3) is 0.579. The lowest BCUT2D eigenvalue weighted by Crippen LogP contribution is -2.60.